The molecule has 2 saturated carbocycles. The highest BCUT2D eigenvalue weighted by atomic mass is 35.5. The Morgan fingerprint density at radius 1 is 1.19 bits per heavy atom. The highest BCUT2D eigenvalue weighted by Gasteiger charge is 2.39. The number of halogens is 1. The van der Waals surface area contributed by atoms with Crippen molar-refractivity contribution in [2.24, 2.45) is 17.8 Å². The van der Waals surface area contributed by atoms with Gasteiger partial charge in [-0.1, -0.05) is 6.42 Å². The van der Waals surface area contributed by atoms with Crippen molar-refractivity contribution in [1.82, 2.24) is 9.80 Å². The van der Waals surface area contributed by atoms with Crippen molar-refractivity contribution in [2.45, 2.75) is 63.3 Å². The lowest BCUT2D eigenvalue weighted by Crippen LogP contribution is -2.44. The van der Waals surface area contributed by atoms with Gasteiger partial charge in [0.25, 0.3) is 0 Å². The van der Waals surface area contributed by atoms with Crippen LogP contribution in [0.1, 0.15) is 68.4 Å². The maximum absolute atomic E-state index is 12.5. The topological polar surface area (TPSA) is 56.6 Å². The van der Waals surface area contributed by atoms with Crippen molar-refractivity contribution in [3.8, 4) is 11.8 Å². The summed E-state index contributed by atoms with van der Waals surface area (Å²) in [5, 5.41) is 9.26. The summed E-state index contributed by atoms with van der Waals surface area (Å²) in [6.45, 7) is 4.15. The lowest BCUT2D eigenvalue weighted by atomic mass is 9.81. The third-order valence-electron chi connectivity index (χ3n) is 8.53. The number of nitrogens with zero attached hydrogens (tertiary/aromatic N) is 3. The van der Waals surface area contributed by atoms with Crippen LogP contribution in [0, 0.1) is 29.1 Å². The van der Waals surface area contributed by atoms with Gasteiger partial charge < -0.3 is 14.5 Å². The predicted molar refractivity (Wildman–Crippen MR) is 127 cm³/mol. The molecule has 3 fully saturated rings. The van der Waals surface area contributed by atoms with Crippen molar-refractivity contribution >= 4 is 18.3 Å². The Balaban J connectivity index is 0.00000245. The molecule has 6 heteroatoms. The van der Waals surface area contributed by atoms with Gasteiger partial charge in [0.1, 0.15) is 5.75 Å². The molecule has 174 valence electrons. The van der Waals surface area contributed by atoms with Crippen LogP contribution in [0.2, 0.25) is 0 Å². The summed E-state index contributed by atoms with van der Waals surface area (Å²) in [5.41, 5.74) is 1.97. The summed E-state index contributed by atoms with van der Waals surface area (Å²) < 4.78 is 5.99. The molecule has 4 aliphatic rings. The minimum Gasteiger partial charge on any atom is -0.493 e. The van der Waals surface area contributed by atoms with Crippen LogP contribution >= 0.6 is 12.4 Å². The largest absolute Gasteiger partial charge is 0.493 e. The van der Waals surface area contributed by atoms with Gasteiger partial charge in [0.2, 0.25) is 5.91 Å². The molecule has 0 unspecified atom stereocenters. The first kappa shape index (κ1) is 23.4. The van der Waals surface area contributed by atoms with E-state index < -0.39 is 0 Å². The van der Waals surface area contributed by atoms with E-state index in [1.54, 1.807) is 0 Å². The SMILES string of the molecule is CN(C(=O)C1CCC1)[C@H]1CC[C@H](CCN2C[C@H]3COc4ccc(C#N)cc4[C@@H]3C2)CC1.Cl. The fourth-order valence-electron chi connectivity index (χ4n) is 6.21. The second kappa shape index (κ2) is 10.0. The summed E-state index contributed by atoms with van der Waals surface area (Å²) in [5.74, 6) is 3.53. The van der Waals surface area contributed by atoms with Gasteiger partial charge in [-0.05, 0) is 75.6 Å². The van der Waals surface area contributed by atoms with Gasteiger partial charge in [0.15, 0.2) is 0 Å². The zero-order valence-corrected chi connectivity index (χ0v) is 20.0. The van der Waals surface area contributed by atoms with Crippen LogP contribution in [-0.4, -0.2) is 55.0 Å². The number of hydrogen-bond acceptors (Lipinski definition) is 4. The zero-order valence-electron chi connectivity index (χ0n) is 19.2. The van der Waals surface area contributed by atoms with E-state index in [4.69, 9.17) is 4.74 Å². The van der Waals surface area contributed by atoms with E-state index in [0.29, 0.717) is 29.7 Å². The molecule has 0 bridgehead atoms. The lowest BCUT2D eigenvalue weighted by molar-refractivity contribution is -0.139. The van der Waals surface area contributed by atoms with Crippen LogP contribution < -0.4 is 4.74 Å². The number of fused-ring (bicyclic) bond motifs is 3. The second-order valence-corrected chi connectivity index (χ2v) is 10.3. The van der Waals surface area contributed by atoms with Crippen molar-refractivity contribution in [3.63, 3.8) is 0 Å². The fraction of sp³-hybridized carbons (Fsp3) is 0.692. The molecule has 5 nitrogen and oxygen atoms in total. The Morgan fingerprint density at radius 2 is 1.97 bits per heavy atom. The summed E-state index contributed by atoms with van der Waals surface area (Å²) in [6.07, 6.45) is 9.54. The summed E-state index contributed by atoms with van der Waals surface area (Å²) in [4.78, 5) is 17.2. The van der Waals surface area contributed by atoms with Crippen LogP contribution in [0.25, 0.3) is 0 Å². The minimum absolute atomic E-state index is 0. The molecule has 2 heterocycles. The predicted octanol–water partition coefficient (Wildman–Crippen LogP) is 4.60. The van der Waals surface area contributed by atoms with Gasteiger partial charge in [-0.25, -0.2) is 0 Å². The van der Waals surface area contributed by atoms with E-state index in [9.17, 15) is 10.1 Å². The highest BCUT2D eigenvalue weighted by Crippen LogP contribution is 2.42. The van der Waals surface area contributed by atoms with E-state index in [1.807, 2.05) is 25.2 Å². The second-order valence-electron chi connectivity index (χ2n) is 10.3. The Morgan fingerprint density at radius 3 is 2.66 bits per heavy atom. The van der Waals surface area contributed by atoms with Gasteiger partial charge in [-0.3, -0.25) is 4.79 Å². The monoisotopic (exact) mass is 457 g/mol. The Labute approximate surface area is 198 Å². The maximum Gasteiger partial charge on any atom is 0.225 e. The van der Waals surface area contributed by atoms with Crippen LogP contribution in [-0.2, 0) is 4.79 Å². The zero-order chi connectivity index (χ0) is 21.4. The number of hydrogen-bond donors (Lipinski definition) is 0. The summed E-state index contributed by atoms with van der Waals surface area (Å²) >= 11 is 0. The molecular weight excluding hydrogens is 422 g/mol. The number of ether oxygens (including phenoxy) is 1. The number of nitriles is 1. The van der Waals surface area contributed by atoms with Crippen molar-refractivity contribution in [3.05, 3.63) is 29.3 Å². The quantitative estimate of drug-likeness (QED) is 0.648. The molecule has 5 rings (SSSR count). The number of amides is 1. The van der Waals surface area contributed by atoms with Gasteiger partial charge in [0, 0.05) is 49.5 Å². The molecule has 32 heavy (non-hydrogen) atoms. The molecule has 0 radical (unpaired) electrons. The van der Waals surface area contributed by atoms with Crippen molar-refractivity contribution in [2.75, 3.05) is 33.3 Å². The molecule has 1 aromatic rings. The van der Waals surface area contributed by atoms with Crippen LogP contribution in [0.3, 0.4) is 0 Å². The van der Waals surface area contributed by atoms with Crippen LogP contribution in [0.4, 0.5) is 0 Å². The van der Waals surface area contributed by atoms with Gasteiger partial charge in [-0.15, -0.1) is 12.4 Å². The molecule has 2 aliphatic carbocycles. The average molecular weight is 458 g/mol. The third-order valence-corrected chi connectivity index (χ3v) is 8.53. The maximum atomic E-state index is 12.5. The van der Waals surface area contributed by atoms with E-state index in [1.165, 1.54) is 44.1 Å². The first-order valence-electron chi connectivity index (χ1n) is 12.3. The van der Waals surface area contributed by atoms with Crippen LogP contribution in [0.15, 0.2) is 18.2 Å². The van der Waals surface area contributed by atoms with E-state index in [-0.39, 0.29) is 12.4 Å². The number of likely N-dealkylation sites (tertiary alicyclic amines) is 1. The molecule has 0 aromatic heterocycles. The normalized spacial score (nSPS) is 29.5. The molecule has 2 atom stereocenters. The van der Waals surface area contributed by atoms with Crippen molar-refractivity contribution < 1.29 is 9.53 Å². The van der Waals surface area contributed by atoms with Gasteiger partial charge in [-0.2, -0.15) is 5.26 Å². The number of benzene rings is 1. The van der Waals surface area contributed by atoms with Gasteiger partial charge >= 0.3 is 0 Å². The molecular formula is C26H36ClN3O2. The highest BCUT2D eigenvalue weighted by molar-refractivity contribution is 5.85. The molecule has 0 N–H and O–H groups in total. The first-order chi connectivity index (χ1) is 15.1. The fourth-order valence-corrected chi connectivity index (χ4v) is 6.21. The molecule has 1 aromatic carbocycles. The van der Waals surface area contributed by atoms with Crippen LogP contribution in [0.5, 0.6) is 5.75 Å². The Hall–Kier alpha value is -1.77. The third kappa shape index (κ3) is 4.63. The average Bonchev–Trinajstić information content (AvgIpc) is 3.19. The van der Waals surface area contributed by atoms with E-state index in [0.717, 1.165) is 56.3 Å². The molecule has 0 spiro atoms. The summed E-state index contributed by atoms with van der Waals surface area (Å²) in [7, 11) is 2.04. The Bertz CT molecular complexity index is 857. The van der Waals surface area contributed by atoms with E-state index in [2.05, 4.69) is 15.9 Å². The van der Waals surface area contributed by atoms with Gasteiger partial charge in [0.05, 0.1) is 18.2 Å². The van der Waals surface area contributed by atoms with Crippen molar-refractivity contribution in [1.29, 1.82) is 5.26 Å². The standard InChI is InChI=1S/C26H35N3O2.ClH/c1-28(26(30)20-3-2-4-20)22-8-5-18(6-9-22)11-12-29-15-21-17-31-25-10-7-19(14-27)13-23(25)24(21)16-29;/h7,10,13,18,20-22,24H,2-6,8-9,11-12,15-17H2,1H3;1H/t18-,21-,22-,24+;/m0./s1. The first-order valence-corrected chi connectivity index (χ1v) is 12.3. The smallest absolute Gasteiger partial charge is 0.225 e. The molecule has 1 saturated heterocycles. The Kier molecular flexibility index (Phi) is 7.32. The molecule has 2 aliphatic heterocycles. The summed E-state index contributed by atoms with van der Waals surface area (Å²) in [6, 6.07) is 8.60. The molecule has 1 amide bonds. The minimum atomic E-state index is 0. The number of carbonyl (C=O) groups is 1. The number of rotatable bonds is 5. The van der Waals surface area contributed by atoms with E-state index >= 15 is 0 Å². The number of carbonyl (C=O) groups excluding carboxylic acids is 1. The lowest BCUT2D eigenvalue weighted by Gasteiger charge is -2.38.